The highest BCUT2D eigenvalue weighted by Gasteiger charge is 2.14. The van der Waals surface area contributed by atoms with Crippen LogP contribution in [-0.4, -0.2) is 32.0 Å². The third kappa shape index (κ3) is 3.13. The van der Waals surface area contributed by atoms with Crippen molar-refractivity contribution in [3.63, 3.8) is 0 Å². The molecule has 0 aliphatic rings. The number of carboxylic acid groups (broad SMARTS) is 1. The Labute approximate surface area is 110 Å². The van der Waals surface area contributed by atoms with Crippen LogP contribution in [0.3, 0.4) is 0 Å². The number of anilines is 1. The van der Waals surface area contributed by atoms with Gasteiger partial charge < -0.3 is 10.4 Å². The maximum Gasteiger partial charge on any atom is 0.325 e. The van der Waals surface area contributed by atoms with E-state index in [1.54, 1.807) is 0 Å². The van der Waals surface area contributed by atoms with E-state index in [0.29, 0.717) is 6.07 Å². The van der Waals surface area contributed by atoms with Crippen molar-refractivity contribution in [2.45, 2.75) is 6.54 Å². The molecule has 0 fully saturated rings. The molecule has 0 saturated carbocycles. The maximum absolute atomic E-state index is 13.3. The Kier molecular flexibility index (Phi) is 3.69. The molecule has 0 unspecified atom stereocenters. The van der Waals surface area contributed by atoms with Crippen LogP contribution in [0.15, 0.2) is 24.4 Å². The topological polar surface area (TPSA) is 97.1 Å². The Hall–Kier alpha value is -2.84. The molecule has 104 valence electrons. The summed E-state index contributed by atoms with van der Waals surface area (Å²) in [5, 5.41) is 17.6. The van der Waals surface area contributed by atoms with E-state index in [2.05, 4.69) is 15.6 Å². The predicted molar refractivity (Wildman–Crippen MR) is 62.0 cm³/mol. The van der Waals surface area contributed by atoms with Gasteiger partial charge in [0.05, 0.1) is 11.9 Å². The number of carboxylic acids is 1. The second kappa shape index (κ2) is 5.43. The number of rotatable bonds is 4. The van der Waals surface area contributed by atoms with Crippen molar-refractivity contribution < 1.29 is 23.5 Å². The fraction of sp³-hybridized carbons (Fsp3) is 0.0909. The number of carbonyl (C=O) groups excluding carboxylic acids is 1. The van der Waals surface area contributed by atoms with E-state index in [-0.39, 0.29) is 11.4 Å². The molecule has 0 saturated heterocycles. The Balaban J connectivity index is 2.11. The number of aromatic nitrogens is 3. The summed E-state index contributed by atoms with van der Waals surface area (Å²) in [6, 6.07) is 2.67. The van der Waals surface area contributed by atoms with E-state index in [1.807, 2.05) is 0 Å². The van der Waals surface area contributed by atoms with Gasteiger partial charge in [-0.05, 0) is 12.1 Å². The zero-order valence-electron chi connectivity index (χ0n) is 9.88. The van der Waals surface area contributed by atoms with Crippen LogP contribution in [0.5, 0.6) is 0 Å². The summed E-state index contributed by atoms with van der Waals surface area (Å²) in [6.07, 6.45) is 1.10. The molecular weight excluding hydrogens is 274 g/mol. The van der Waals surface area contributed by atoms with E-state index < -0.39 is 30.1 Å². The van der Waals surface area contributed by atoms with Crippen LogP contribution in [0.2, 0.25) is 0 Å². The van der Waals surface area contributed by atoms with Gasteiger partial charge in [0.25, 0.3) is 5.91 Å². The molecule has 0 radical (unpaired) electrons. The number of hydrogen-bond donors (Lipinski definition) is 2. The van der Waals surface area contributed by atoms with Crippen molar-refractivity contribution in [2.75, 3.05) is 5.32 Å². The van der Waals surface area contributed by atoms with Gasteiger partial charge in [0.2, 0.25) is 0 Å². The van der Waals surface area contributed by atoms with Gasteiger partial charge in [-0.25, -0.2) is 13.5 Å². The van der Waals surface area contributed by atoms with E-state index in [0.717, 1.165) is 23.0 Å². The smallest absolute Gasteiger partial charge is 0.325 e. The standard InChI is InChI=1S/C11H8F2N4O3/c12-6-1-2-8(7(13)3-6)14-11(20)9-4-17(16-15-9)5-10(18)19/h1-4H,5H2,(H,14,20)(H,18,19). The van der Waals surface area contributed by atoms with Gasteiger partial charge in [-0.15, -0.1) is 5.10 Å². The molecule has 0 atom stereocenters. The molecule has 2 aromatic rings. The van der Waals surface area contributed by atoms with Crippen LogP contribution >= 0.6 is 0 Å². The van der Waals surface area contributed by atoms with Crippen molar-refractivity contribution in [3.05, 3.63) is 41.7 Å². The Morgan fingerprint density at radius 2 is 2.10 bits per heavy atom. The van der Waals surface area contributed by atoms with E-state index in [4.69, 9.17) is 5.11 Å². The lowest BCUT2D eigenvalue weighted by atomic mass is 10.3. The quantitative estimate of drug-likeness (QED) is 0.868. The Morgan fingerprint density at radius 3 is 2.75 bits per heavy atom. The number of hydrogen-bond acceptors (Lipinski definition) is 4. The lowest BCUT2D eigenvalue weighted by Crippen LogP contribution is -2.14. The van der Waals surface area contributed by atoms with Crippen molar-refractivity contribution in [2.24, 2.45) is 0 Å². The van der Waals surface area contributed by atoms with Gasteiger partial charge in [0, 0.05) is 6.07 Å². The first-order chi connectivity index (χ1) is 9.45. The Bertz CT molecular complexity index is 671. The van der Waals surface area contributed by atoms with E-state index in [9.17, 15) is 18.4 Å². The van der Waals surface area contributed by atoms with Crippen LogP contribution in [0, 0.1) is 11.6 Å². The largest absolute Gasteiger partial charge is 0.480 e. The molecule has 20 heavy (non-hydrogen) atoms. The minimum atomic E-state index is -1.15. The molecule has 7 nitrogen and oxygen atoms in total. The average molecular weight is 282 g/mol. The van der Waals surface area contributed by atoms with Crippen molar-refractivity contribution in [3.8, 4) is 0 Å². The van der Waals surface area contributed by atoms with Crippen molar-refractivity contribution >= 4 is 17.6 Å². The zero-order chi connectivity index (χ0) is 14.7. The minimum absolute atomic E-state index is 0.185. The first-order valence-corrected chi connectivity index (χ1v) is 5.34. The molecule has 9 heteroatoms. The lowest BCUT2D eigenvalue weighted by molar-refractivity contribution is -0.137. The second-order valence-corrected chi connectivity index (χ2v) is 3.77. The highest BCUT2D eigenvalue weighted by molar-refractivity contribution is 6.02. The fourth-order valence-corrected chi connectivity index (χ4v) is 1.40. The summed E-state index contributed by atoms with van der Waals surface area (Å²) in [5.74, 6) is -3.64. The summed E-state index contributed by atoms with van der Waals surface area (Å²) < 4.78 is 27.0. The molecule has 1 aromatic carbocycles. The van der Waals surface area contributed by atoms with E-state index >= 15 is 0 Å². The van der Waals surface area contributed by atoms with Crippen LogP contribution < -0.4 is 5.32 Å². The Morgan fingerprint density at radius 1 is 1.35 bits per heavy atom. The molecule has 0 aliphatic heterocycles. The molecule has 1 heterocycles. The fourth-order valence-electron chi connectivity index (χ4n) is 1.40. The SMILES string of the molecule is O=C(O)Cn1cc(C(=O)Nc2ccc(F)cc2F)nn1. The first kappa shape index (κ1) is 13.6. The number of aliphatic carboxylic acids is 1. The first-order valence-electron chi connectivity index (χ1n) is 5.34. The number of halogens is 2. The average Bonchev–Trinajstić information content (AvgIpc) is 2.80. The lowest BCUT2D eigenvalue weighted by Gasteiger charge is -2.03. The third-order valence-corrected chi connectivity index (χ3v) is 2.25. The molecule has 0 bridgehead atoms. The van der Waals surface area contributed by atoms with Gasteiger partial charge in [-0.1, -0.05) is 5.21 Å². The number of carbonyl (C=O) groups is 2. The maximum atomic E-state index is 13.3. The van der Waals surface area contributed by atoms with Gasteiger partial charge in [0.1, 0.15) is 18.2 Å². The molecule has 1 aromatic heterocycles. The molecule has 0 spiro atoms. The number of benzene rings is 1. The van der Waals surface area contributed by atoms with Crippen LogP contribution in [0.4, 0.5) is 14.5 Å². The summed E-state index contributed by atoms with van der Waals surface area (Å²) in [5.41, 5.74) is -0.404. The van der Waals surface area contributed by atoms with Crippen LogP contribution in [0.25, 0.3) is 0 Å². The highest BCUT2D eigenvalue weighted by Crippen LogP contribution is 2.15. The second-order valence-electron chi connectivity index (χ2n) is 3.77. The molecule has 0 aliphatic carbocycles. The van der Waals surface area contributed by atoms with Gasteiger partial charge in [-0.2, -0.15) is 0 Å². The number of nitrogens with one attached hydrogen (secondary N) is 1. The normalized spacial score (nSPS) is 10.3. The minimum Gasteiger partial charge on any atom is -0.480 e. The van der Waals surface area contributed by atoms with E-state index in [1.165, 1.54) is 0 Å². The third-order valence-electron chi connectivity index (χ3n) is 2.25. The monoisotopic (exact) mass is 282 g/mol. The summed E-state index contributed by atoms with van der Waals surface area (Å²) in [7, 11) is 0. The summed E-state index contributed by atoms with van der Waals surface area (Å²) >= 11 is 0. The summed E-state index contributed by atoms with van der Waals surface area (Å²) in [6.45, 7) is -0.453. The van der Waals surface area contributed by atoms with Gasteiger partial charge in [0.15, 0.2) is 5.69 Å². The number of nitrogens with zero attached hydrogens (tertiary/aromatic N) is 3. The highest BCUT2D eigenvalue weighted by atomic mass is 19.1. The zero-order valence-corrected chi connectivity index (χ0v) is 9.88. The van der Waals surface area contributed by atoms with Crippen LogP contribution in [0.1, 0.15) is 10.5 Å². The predicted octanol–water partition coefficient (Wildman–Crippen LogP) is 0.893. The molecule has 2 rings (SSSR count). The van der Waals surface area contributed by atoms with Gasteiger partial charge in [-0.3, -0.25) is 9.59 Å². The van der Waals surface area contributed by atoms with Gasteiger partial charge >= 0.3 is 5.97 Å². The molecule has 2 N–H and O–H groups in total. The summed E-state index contributed by atoms with van der Waals surface area (Å²) in [4.78, 5) is 22.2. The number of amides is 1. The van der Waals surface area contributed by atoms with Crippen molar-refractivity contribution in [1.29, 1.82) is 0 Å². The van der Waals surface area contributed by atoms with Crippen LogP contribution in [-0.2, 0) is 11.3 Å². The molecule has 1 amide bonds. The molecular formula is C11H8F2N4O3. The van der Waals surface area contributed by atoms with Crippen molar-refractivity contribution in [1.82, 2.24) is 15.0 Å².